The van der Waals surface area contributed by atoms with E-state index < -0.39 is 5.97 Å². The van der Waals surface area contributed by atoms with E-state index in [4.69, 9.17) is 10.5 Å². The molecule has 0 aliphatic carbocycles. The lowest BCUT2D eigenvalue weighted by atomic mass is 9.99. The highest BCUT2D eigenvalue weighted by atomic mass is 16.4. The van der Waals surface area contributed by atoms with E-state index in [0.717, 1.165) is 11.1 Å². The molecule has 0 fully saturated rings. The molecule has 0 bridgehead atoms. The first-order valence-corrected chi connectivity index (χ1v) is 6.91. The van der Waals surface area contributed by atoms with Gasteiger partial charge < -0.3 is 10.4 Å². The number of aliphatic carboxylic acids is 1. The van der Waals surface area contributed by atoms with E-state index in [1.165, 1.54) is 6.92 Å². The Labute approximate surface area is 132 Å². The summed E-state index contributed by atoms with van der Waals surface area (Å²) < 4.78 is 0. The van der Waals surface area contributed by atoms with Crippen LogP contribution in [0.15, 0.2) is 30.6 Å². The maximum Gasteiger partial charge on any atom is 0.322 e. The van der Waals surface area contributed by atoms with Crippen molar-refractivity contribution in [2.24, 2.45) is 0 Å². The number of aromatic nitrogens is 2. The number of rotatable bonds is 6. The summed E-state index contributed by atoms with van der Waals surface area (Å²) in [4.78, 5) is 30.6. The molecule has 4 N–H and O–H groups in total. The normalized spacial score (nSPS) is 10.2. The van der Waals surface area contributed by atoms with E-state index in [1.54, 1.807) is 37.5 Å². The molecule has 1 heterocycles. The zero-order valence-corrected chi connectivity index (χ0v) is 12.8. The number of carboxylic acids is 1. The van der Waals surface area contributed by atoms with Crippen LogP contribution in [0.4, 0.5) is 5.69 Å². The predicted octanol–water partition coefficient (Wildman–Crippen LogP) is 0.0857. The van der Waals surface area contributed by atoms with Crippen LogP contribution in [-0.2, 0) is 9.59 Å². The maximum absolute atomic E-state index is 11.6. The summed E-state index contributed by atoms with van der Waals surface area (Å²) in [5.41, 5.74) is 2.56. The molecule has 23 heavy (non-hydrogen) atoms. The Balaban J connectivity index is 2.45. The second kappa shape index (κ2) is 6.78. The van der Waals surface area contributed by atoms with E-state index in [-0.39, 0.29) is 18.0 Å². The molecule has 2 aromatic rings. The van der Waals surface area contributed by atoms with Crippen molar-refractivity contribution in [3.05, 3.63) is 42.0 Å². The predicted molar refractivity (Wildman–Crippen MR) is 85.0 cm³/mol. The fraction of sp³-hybridized carbons (Fsp3) is 0.188. The van der Waals surface area contributed by atoms with Gasteiger partial charge >= 0.3 is 5.97 Å². The van der Waals surface area contributed by atoms with Gasteiger partial charge in [0, 0.05) is 30.6 Å². The molecule has 118 valence electrons. The summed E-state index contributed by atoms with van der Waals surface area (Å²) >= 11 is 0. The van der Waals surface area contributed by atoms with E-state index in [9.17, 15) is 9.59 Å². The molecule has 0 amide bonds. The van der Waals surface area contributed by atoms with Crippen molar-refractivity contribution >= 4 is 23.2 Å². The molecule has 0 saturated carbocycles. The van der Waals surface area contributed by atoms with E-state index in [1.807, 2.05) is 0 Å². The van der Waals surface area contributed by atoms with Crippen molar-refractivity contribution < 1.29 is 20.1 Å². The molecule has 0 atom stereocenters. The molecule has 0 unspecified atom stereocenters. The Kier molecular flexibility index (Phi) is 4.80. The van der Waals surface area contributed by atoms with Gasteiger partial charge in [0.15, 0.2) is 0 Å². The van der Waals surface area contributed by atoms with Gasteiger partial charge in [0.25, 0.3) is 0 Å². The smallest absolute Gasteiger partial charge is 0.322 e. The van der Waals surface area contributed by atoms with Crippen LogP contribution in [-0.4, -0.2) is 39.1 Å². The summed E-state index contributed by atoms with van der Waals surface area (Å²) in [5.74, 6) is -0.641. The minimum Gasteiger partial charge on any atom is -0.480 e. The summed E-state index contributed by atoms with van der Waals surface area (Å²) in [6, 6.07) is 5.19. The van der Waals surface area contributed by atoms with Gasteiger partial charge in [-0.05, 0) is 24.6 Å². The van der Waals surface area contributed by atoms with Gasteiger partial charge in [0.05, 0.1) is 5.56 Å². The van der Waals surface area contributed by atoms with Crippen molar-refractivity contribution in [1.29, 1.82) is 0 Å². The van der Waals surface area contributed by atoms with Crippen molar-refractivity contribution in [2.75, 3.05) is 11.9 Å². The number of hydrogen-bond donors (Lipinski definition) is 3. The quantitative estimate of drug-likeness (QED) is 0.650. The number of Topliss-reactive ketones (excluding diaryl/α,β-unsaturated/α-hetero) is 1. The van der Waals surface area contributed by atoms with Crippen LogP contribution in [0.1, 0.15) is 18.3 Å². The van der Waals surface area contributed by atoms with Crippen LogP contribution >= 0.6 is 0 Å². The SMILES string of the molecule is CC(=O)C(=[NH2+])c1cc(-c2cnc(C)nc2)ccc1NCC(=O)O. The lowest BCUT2D eigenvalue weighted by Crippen LogP contribution is -2.45. The molecular formula is C16H17N4O3+. The zero-order chi connectivity index (χ0) is 17.0. The molecule has 2 rings (SSSR count). The van der Waals surface area contributed by atoms with E-state index >= 15 is 0 Å². The monoisotopic (exact) mass is 313 g/mol. The Morgan fingerprint density at radius 3 is 2.43 bits per heavy atom. The highest BCUT2D eigenvalue weighted by Gasteiger charge is 2.19. The van der Waals surface area contributed by atoms with Gasteiger partial charge in [-0.25, -0.2) is 9.97 Å². The van der Waals surface area contributed by atoms with Crippen molar-refractivity contribution in [3.63, 3.8) is 0 Å². The Morgan fingerprint density at radius 1 is 1.22 bits per heavy atom. The summed E-state index contributed by atoms with van der Waals surface area (Å²) in [6.07, 6.45) is 3.35. The first kappa shape index (κ1) is 16.3. The first-order valence-electron chi connectivity index (χ1n) is 6.91. The largest absolute Gasteiger partial charge is 0.480 e. The molecular weight excluding hydrogens is 296 g/mol. The standard InChI is InChI=1S/C16H16N4O3/c1-9(21)16(17)13-5-11(12-6-18-10(2)19-7-12)3-4-14(13)20-8-15(22)23/h3-7,17,20H,8H2,1-2H3,(H,22,23)/p+1. The number of carbonyl (C=O) groups is 2. The summed E-state index contributed by atoms with van der Waals surface area (Å²) in [7, 11) is 0. The van der Waals surface area contributed by atoms with Crippen molar-refractivity contribution in [1.82, 2.24) is 9.97 Å². The number of nitrogens with zero attached hydrogens (tertiary/aromatic N) is 2. The topological polar surface area (TPSA) is 118 Å². The molecule has 0 aliphatic heterocycles. The number of carbonyl (C=O) groups excluding carboxylic acids is 1. The Hall–Kier alpha value is -3.09. The summed E-state index contributed by atoms with van der Waals surface area (Å²) in [5, 5.41) is 17.4. The number of ketones is 1. The van der Waals surface area contributed by atoms with Crippen LogP contribution in [0.2, 0.25) is 0 Å². The fourth-order valence-electron chi connectivity index (χ4n) is 2.00. The van der Waals surface area contributed by atoms with Crippen LogP contribution in [0.5, 0.6) is 0 Å². The van der Waals surface area contributed by atoms with Crippen LogP contribution < -0.4 is 10.7 Å². The number of anilines is 1. The number of carboxylic acid groups (broad SMARTS) is 1. The number of nitrogens with one attached hydrogen (secondary N) is 1. The minimum absolute atomic E-state index is 0.0627. The summed E-state index contributed by atoms with van der Waals surface area (Å²) in [6.45, 7) is 2.87. The lowest BCUT2D eigenvalue weighted by Gasteiger charge is -2.10. The Morgan fingerprint density at radius 2 is 1.87 bits per heavy atom. The molecule has 1 aromatic carbocycles. The number of hydrogen-bond acceptors (Lipinski definition) is 5. The maximum atomic E-state index is 11.6. The number of aryl methyl sites for hydroxylation is 1. The third-order valence-corrected chi connectivity index (χ3v) is 3.23. The number of nitrogens with two attached hydrogens (primary N) is 1. The Bertz CT molecular complexity index is 769. The molecule has 0 saturated heterocycles. The van der Waals surface area contributed by atoms with Crippen LogP contribution in [0.25, 0.3) is 11.1 Å². The average Bonchev–Trinajstić information content (AvgIpc) is 2.52. The van der Waals surface area contributed by atoms with Crippen LogP contribution in [0.3, 0.4) is 0 Å². The van der Waals surface area contributed by atoms with Gasteiger partial charge in [0.2, 0.25) is 11.5 Å². The average molecular weight is 313 g/mol. The molecule has 0 aliphatic rings. The molecule has 1 aromatic heterocycles. The molecule has 7 nitrogen and oxygen atoms in total. The van der Waals surface area contributed by atoms with Crippen LogP contribution in [0, 0.1) is 6.92 Å². The molecule has 7 heteroatoms. The van der Waals surface area contributed by atoms with Gasteiger partial charge in [0.1, 0.15) is 12.4 Å². The van der Waals surface area contributed by atoms with Crippen molar-refractivity contribution in [2.45, 2.75) is 13.8 Å². The van der Waals surface area contributed by atoms with Crippen molar-refractivity contribution in [3.8, 4) is 11.1 Å². The van der Waals surface area contributed by atoms with E-state index in [2.05, 4.69) is 15.3 Å². The fourth-order valence-corrected chi connectivity index (χ4v) is 2.00. The van der Waals surface area contributed by atoms with Gasteiger partial charge in [-0.1, -0.05) is 6.07 Å². The third kappa shape index (κ3) is 3.97. The number of benzene rings is 1. The molecule has 0 radical (unpaired) electrons. The van der Waals surface area contributed by atoms with Gasteiger partial charge in [-0.15, -0.1) is 0 Å². The van der Waals surface area contributed by atoms with Gasteiger partial charge in [-0.2, -0.15) is 0 Å². The second-order valence-electron chi connectivity index (χ2n) is 5.00. The highest BCUT2D eigenvalue weighted by molar-refractivity contribution is 6.44. The lowest BCUT2D eigenvalue weighted by molar-refractivity contribution is -0.135. The van der Waals surface area contributed by atoms with E-state index in [0.29, 0.717) is 17.1 Å². The minimum atomic E-state index is -1.01. The van der Waals surface area contributed by atoms with Gasteiger partial charge in [-0.3, -0.25) is 15.0 Å². The molecule has 0 spiro atoms. The highest BCUT2D eigenvalue weighted by Crippen LogP contribution is 2.24. The first-order chi connectivity index (χ1) is 10.9. The third-order valence-electron chi connectivity index (χ3n) is 3.23. The second-order valence-corrected chi connectivity index (χ2v) is 5.00. The zero-order valence-electron chi connectivity index (χ0n) is 12.8.